The van der Waals surface area contributed by atoms with Crippen molar-refractivity contribution < 1.29 is 4.79 Å². The van der Waals surface area contributed by atoms with Gasteiger partial charge in [0.25, 0.3) is 0 Å². The smallest absolute Gasteiger partial charge is 0.243 e. The number of aryl methyl sites for hydroxylation is 1. The van der Waals surface area contributed by atoms with Crippen LogP contribution in [0.1, 0.15) is 10.6 Å². The summed E-state index contributed by atoms with van der Waals surface area (Å²) in [6, 6.07) is 9.14. The summed E-state index contributed by atoms with van der Waals surface area (Å²) in [5.74, 6) is -0.214. The maximum Gasteiger partial charge on any atom is 0.243 e. The quantitative estimate of drug-likeness (QED) is 0.810. The highest BCUT2D eigenvalue weighted by atomic mass is 32.2. The highest BCUT2D eigenvalue weighted by Crippen LogP contribution is 2.29. The number of carbonyl (C=O) groups is 1. The maximum atomic E-state index is 11.7. The van der Waals surface area contributed by atoms with Crippen LogP contribution in [0.25, 0.3) is 0 Å². The van der Waals surface area contributed by atoms with E-state index in [1.54, 1.807) is 12.1 Å². The lowest BCUT2D eigenvalue weighted by molar-refractivity contribution is -0.122. The molecule has 4 N–H and O–H groups in total. The highest BCUT2D eigenvalue weighted by Gasteiger charge is 2.34. The first kappa shape index (κ1) is 14.0. The Morgan fingerprint density at radius 3 is 2.58 bits per heavy atom. The summed E-state index contributed by atoms with van der Waals surface area (Å²) < 4.78 is 0.782. The number of nitrogens with zero attached hydrogens (tertiary/aromatic N) is 2. The number of benzene rings is 1. The number of aromatic nitrogens is 2. The molecular weight excluding hydrogens is 280 g/mol. The molecule has 0 spiro atoms. The van der Waals surface area contributed by atoms with Gasteiger partial charge in [-0.3, -0.25) is 4.79 Å². The molecule has 0 radical (unpaired) electrons. The van der Waals surface area contributed by atoms with Gasteiger partial charge in [-0.1, -0.05) is 53.4 Å². The van der Waals surface area contributed by atoms with E-state index in [9.17, 15) is 4.79 Å². The average molecular weight is 294 g/mol. The van der Waals surface area contributed by atoms with Crippen molar-refractivity contribution in [1.29, 1.82) is 0 Å². The van der Waals surface area contributed by atoms with Gasteiger partial charge in [-0.15, -0.1) is 10.2 Å². The van der Waals surface area contributed by atoms with Gasteiger partial charge >= 0.3 is 0 Å². The molecule has 5 nitrogen and oxygen atoms in total. The molecular formula is C12H14N4OS2. The molecule has 0 saturated heterocycles. The van der Waals surface area contributed by atoms with E-state index in [0.717, 1.165) is 9.35 Å². The van der Waals surface area contributed by atoms with Crippen molar-refractivity contribution in [1.82, 2.24) is 10.2 Å². The lowest BCUT2D eigenvalue weighted by Crippen LogP contribution is -2.51. The molecule has 0 aliphatic carbocycles. The number of thioether (sulfide) groups is 1. The summed E-state index contributed by atoms with van der Waals surface area (Å²) in [5, 5.41) is 8.80. The van der Waals surface area contributed by atoms with Crippen molar-refractivity contribution in [3.63, 3.8) is 0 Å². The van der Waals surface area contributed by atoms with Gasteiger partial charge in [-0.2, -0.15) is 0 Å². The van der Waals surface area contributed by atoms with Crippen LogP contribution in [0.3, 0.4) is 0 Å². The van der Waals surface area contributed by atoms with Gasteiger partial charge in [0.15, 0.2) is 4.34 Å². The van der Waals surface area contributed by atoms with Crippen LogP contribution in [0.5, 0.6) is 0 Å². The van der Waals surface area contributed by atoms with Crippen molar-refractivity contribution in [3.8, 4) is 0 Å². The summed E-state index contributed by atoms with van der Waals surface area (Å²) in [5.41, 5.74) is 11.1. The number of hydrogen-bond donors (Lipinski definition) is 2. The fourth-order valence-electron chi connectivity index (χ4n) is 1.54. The Morgan fingerprint density at radius 2 is 2.05 bits per heavy atom. The van der Waals surface area contributed by atoms with E-state index >= 15 is 0 Å². The van der Waals surface area contributed by atoms with Crippen molar-refractivity contribution in [2.24, 2.45) is 11.5 Å². The Labute approximate surface area is 119 Å². The third-order valence-corrected chi connectivity index (χ3v) is 4.82. The molecule has 2 rings (SSSR count). The first-order valence-corrected chi connectivity index (χ1v) is 7.40. The molecule has 7 heteroatoms. The number of primary amides is 1. The second-order valence-electron chi connectivity index (χ2n) is 4.08. The lowest BCUT2D eigenvalue weighted by Gasteiger charge is -2.25. The maximum absolute atomic E-state index is 11.7. The standard InChI is InChI=1S/C12H14N4OS2/c1-8-15-16-11(19-8)18-7-12(14,10(13)17)9-5-3-2-4-6-9/h2-6H,7,14H2,1H3,(H2,13,17). The predicted molar refractivity (Wildman–Crippen MR) is 76.9 cm³/mol. The molecule has 1 atom stereocenters. The van der Waals surface area contributed by atoms with E-state index in [1.165, 1.54) is 23.1 Å². The third kappa shape index (κ3) is 3.12. The molecule has 0 bridgehead atoms. The van der Waals surface area contributed by atoms with Crippen LogP contribution in [-0.2, 0) is 10.3 Å². The van der Waals surface area contributed by atoms with Gasteiger partial charge in [0.1, 0.15) is 10.5 Å². The summed E-state index contributed by atoms with van der Waals surface area (Å²) in [6.45, 7) is 1.88. The largest absolute Gasteiger partial charge is 0.368 e. The molecule has 0 fully saturated rings. The predicted octanol–water partition coefficient (Wildman–Crippen LogP) is 1.28. The van der Waals surface area contributed by atoms with Crippen molar-refractivity contribution in [2.75, 3.05) is 5.75 Å². The normalized spacial score (nSPS) is 14.0. The molecule has 0 aliphatic rings. The fourth-order valence-corrected chi connectivity index (χ4v) is 3.49. The second-order valence-corrected chi connectivity index (χ2v) is 6.48. The average Bonchev–Trinajstić information content (AvgIpc) is 2.82. The molecule has 1 aromatic carbocycles. The van der Waals surface area contributed by atoms with E-state index in [2.05, 4.69) is 10.2 Å². The van der Waals surface area contributed by atoms with Crippen molar-refractivity contribution >= 4 is 29.0 Å². The zero-order valence-corrected chi connectivity index (χ0v) is 12.0. The van der Waals surface area contributed by atoms with Gasteiger partial charge in [0.05, 0.1) is 0 Å². The van der Waals surface area contributed by atoms with Crippen molar-refractivity contribution in [3.05, 3.63) is 40.9 Å². The van der Waals surface area contributed by atoms with Crippen LogP contribution in [0.4, 0.5) is 0 Å². The van der Waals surface area contributed by atoms with Gasteiger partial charge in [-0.05, 0) is 12.5 Å². The Balaban J connectivity index is 2.19. The Hall–Kier alpha value is -1.44. The molecule has 19 heavy (non-hydrogen) atoms. The molecule has 1 aromatic heterocycles. The molecule has 100 valence electrons. The third-order valence-electron chi connectivity index (χ3n) is 2.66. The summed E-state index contributed by atoms with van der Waals surface area (Å²) in [4.78, 5) is 11.7. The number of amides is 1. The minimum atomic E-state index is -1.20. The SMILES string of the molecule is Cc1nnc(SCC(N)(C(N)=O)c2ccccc2)s1. The molecule has 0 aliphatic heterocycles. The number of carbonyl (C=O) groups excluding carboxylic acids is 1. The highest BCUT2D eigenvalue weighted by molar-refractivity contribution is 8.01. The van der Waals surface area contributed by atoms with Crippen LogP contribution in [0, 0.1) is 6.92 Å². The zero-order chi connectivity index (χ0) is 13.9. The van der Waals surface area contributed by atoms with Crippen LogP contribution < -0.4 is 11.5 Å². The number of hydrogen-bond acceptors (Lipinski definition) is 6. The first-order valence-electron chi connectivity index (χ1n) is 5.59. The minimum absolute atomic E-state index is 0.334. The van der Waals surface area contributed by atoms with E-state index in [4.69, 9.17) is 11.5 Å². The topological polar surface area (TPSA) is 94.9 Å². The molecule has 1 unspecified atom stereocenters. The van der Waals surface area contributed by atoms with E-state index in [-0.39, 0.29) is 0 Å². The summed E-state index contributed by atoms with van der Waals surface area (Å²) >= 11 is 2.86. The van der Waals surface area contributed by atoms with Crippen LogP contribution >= 0.6 is 23.1 Å². The van der Waals surface area contributed by atoms with Crippen molar-refractivity contribution in [2.45, 2.75) is 16.8 Å². The van der Waals surface area contributed by atoms with Gasteiger partial charge in [-0.25, -0.2) is 0 Å². The zero-order valence-electron chi connectivity index (χ0n) is 10.4. The monoisotopic (exact) mass is 294 g/mol. The molecule has 2 aromatic rings. The van der Waals surface area contributed by atoms with Gasteiger partial charge in [0, 0.05) is 5.75 Å². The number of rotatable bonds is 5. The van der Waals surface area contributed by atoms with E-state index in [1.807, 2.05) is 25.1 Å². The first-order chi connectivity index (χ1) is 9.02. The molecule has 1 amide bonds. The van der Waals surface area contributed by atoms with E-state index < -0.39 is 11.4 Å². The molecule has 1 heterocycles. The van der Waals surface area contributed by atoms with Crippen LogP contribution in [-0.4, -0.2) is 21.9 Å². The van der Waals surface area contributed by atoms with E-state index in [0.29, 0.717) is 11.3 Å². The lowest BCUT2D eigenvalue weighted by atomic mass is 9.92. The van der Waals surface area contributed by atoms with Crippen LogP contribution in [0.15, 0.2) is 34.7 Å². The van der Waals surface area contributed by atoms with Gasteiger partial charge < -0.3 is 11.5 Å². The summed E-state index contributed by atoms with van der Waals surface area (Å²) in [6.07, 6.45) is 0. The Kier molecular flexibility index (Phi) is 4.18. The Morgan fingerprint density at radius 1 is 1.37 bits per heavy atom. The molecule has 0 saturated carbocycles. The fraction of sp³-hybridized carbons (Fsp3) is 0.250. The Bertz CT molecular complexity index is 572. The van der Waals surface area contributed by atoms with Crippen LogP contribution in [0.2, 0.25) is 0 Å². The minimum Gasteiger partial charge on any atom is -0.368 e. The van der Waals surface area contributed by atoms with Gasteiger partial charge in [0.2, 0.25) is 5.91 Å². The second kappa shape index (κ2) is 5.68. The number of nitrogens with two attached hydrogens (primary N) is 2. The summed E-state index contributed by atoms with van der Waals surface area (Å²) in [7, 11) is 0.